The molecular weight excluding hydrogens is 270 g/mol. The van der Waals surface area contributed by atoms with E-state index >= 15 is 0 Å². The molecule has 2 heterocycles. The fourth-order valence-electron chi connectivity index (χ4n) is 2.36. The number of aliphatic hydroxyl groups excluding tert-OH is 1. The van der Waals surface area contributed by atoms with Gasteiger partial charge < -0.3 is 20.1 Å². The summed E-state index contributed by atoms with van der Waals surface area (Å²) in [5, 5.41) is 12.9. The summed E-state index contributed by atoms with van der Waals surface area (Å²) in [6.45, 7) is 8.77. The second kappa shape index (κ2) is 7.40. The van der Waals surface area contributed by atoms with Crippen molar-refractivity contribution in [1.82, 2.24) is 15.0 Å². The van der Waals surface area contributed by atoms with Gasteiger partial charge in [0, 0.05) is 25.6 Å². The summed E-state index contributed by atoms with van der Waals surface area (Å²) in [7, 11) is 0. The Labute approximate surface area is 125 Å². The molecule has 2 atom stereocenters. The zero-order valence-electron chi connectivity index (χ0n) is 13.0. The molecule has 0 bridgehead atoms. The molecule has 1 aliphatic rings. The van der Waals surface area contributed by atoms with E-state index in [9.17, 15) is 5.11 Å². The maximum atomic E-state index is 9.71. The van der Waals surface area contributed by atoms with Crippen molar-refractivity contribution in [2.24, 2.45) is 5.92 Å². The van der Waals surface area contributed by atoms with E-state index in [-0.39, 0.29) is 12.0 Å². The number of nitrogens with zero attached hydrogens (tertiary/aromatic N) is 4. The van der Waals surface area contributed by atoms with Gasteiger partial charge in [-0.1, -0.05) is 6.92 Å². The third kappa shape index (κ3) is 4.17. The van der Waals surface area contributed by atoms with Crippen molar-refractivity contribution in [1.29, 1.82) is 0 Å². The van der Waals surface area contributed by atoms with E-state index in [0.717, 1.165) is 32.5 Å². The third-order valence-corrected chi connectivity index (χ3v) is 3.60. The van der Waals surface area contributed by atoms with Crippen LogP contribution >= 0.6 is 0 Å². The van der Waals surface area contributed by atoms with Crippen molar-refractivity contribution in [3.63, 3.8) is 0 Å². The summed E-state index contributed by atoms with van der Waals surface area (Å²) in [4.78, 5) is 15.2. The molecule has 1 aromatic rings. The summed E-state index contributed by atoms with van der Waals surface area (Å²) < 4.78 is 5.42. The number of rotatable bonds is 7. The van der Waals surface area contributed by atoms with Gasteiger partial charge in [0.05, 0.1) is 12.7 Å². The Hall–Kier alpha value is -1.63. The van der Waals surface area contributed by atoms with Crippen LogP contribution in [0.4, 0.5) is 11.9 Å². The molecule has 1 saturated heterocycles. The lowest BCUT2D eigenvalue weighted by Crippen LogP contribution is -2.26. The lowest BCUT2D eigenvalue weighted by molar-refractivity contribution is 0.136. The zero-order valence-corrected chi connectivity index (χ0v) is 13.0. The average Bonchev–Trinajstić information content (AvgIpc) is 2.95. The first-order chi connectivity index (χ1) is 10.1. The molecule has 0 amide bonds. The second-order valence-corrected chi connectivity index (χ2v) is 5.34. The third-order valence-electron chi connectivity index (χ3n) is 3.60. The smallest absolute Gasteiger partial charge is 0.323 e. The van der Waals surface area contributed by atoms with E-state index in [1.165, 1.54) is 0 Å². The molecule has 0 saturated carbocycles. The van der Waals surface area contributed by atoms with Crippen molar-refractivity contribution in [2.45, 2.75) is 39.7 Å². The summed E-state index contributed by atoms with van der Waals surface area (Å²) in [6, 6.07) is 0.349. The molecule has 118 valence electrons. The Kier molecular flexibility index (Phi) is 5.55. The van der Waals surface area contributed by atoms with E-state index in [0.29, 0.717) is 24.5 Å². The van der Waals surface area contributed by atoms with E-state index in [1.807, 2.05) is 13.8 Å². The van der Waals surface area contributed by atoms with Crippen LogP contribution < -0.4 is 15.0 Å². The van der Waals surface area contributed by atoms with Gasteiger partial charge in [-0.3, -0.25) is 0 Å². The quantitative estimate of drug-likeness (QED) is 0.784. The highest BCUT2D eigenvalue weighted by atomic mass is 16.5. The van der Waals surface area contributed by atoms with Crippen LogP contribution in [-0.4, -0.2) is 52.4 Å². The van der Waals surface area contributed by atoms with Crippen LogP contribution in [-0.2, 0) is 0 Å². The molecule has 0 spiro atoms. The molecule has 7 heteroatoms. The standard InChI is InChI=1S/C14H25N5O2/c1-4-7-15-12-16-13(18-14(17-12)21-5-2)19-8-6-11(9-19)10(3)20/h10-11,20H,4-9H2,1-3H3,(H,15,16,17,18). The molecule has 1 aromatic heterocycles. The van der Waals surface area contributed by atoms with Crippen LogP contribution in [0, 0.1) is 5.92 Å². The average molecular weight is 295 g/mol. The van der Waals surface area contributed by atoms with Crippen LogP contribution in [0.15, 0.2) is 0 Å². The van der Waals surface area contributed by atoms with Gasteiger partial charge in [-0.25, -0.2) is 0 Å². The zero-order chi connectivity index (χ0) is 15.2. The Bertz CT molecular complexity index is 455. The first kappa shape index (κ1) is 15.8. The lowest BCUT2D eigenvalue weighted by Gasteiger charge is -2.18. The van der Waals surface area contributed by atoms with Gasteiger partial charge in [0.15, 0.2) is 0 Å². The minimum atomic E-state index is -0.305. The Balaban J connectivity index is 2.15. The normalized spacial score (nSPS) is 19.6. The van der Waals surface area contributed by atoms with E-state index < -0.39 is 0 Å². The Morgan fingerprint density at radius 2 is 2.19 bits per heavy atom. The second-order valence-electron chi connectivity index (χ2n) is 5.34. The number of aliphatic hydroxyl groups is 1. The molecule has 7 nitrogen and oxygen atoms in total. The molecule has 1 fully saturated rings. The van der Waals surface area contributed by atoms with Gasteiger partial charge in [-0.05, 0) is 26.7 Å². The minimum Gasteiger partial charge on any atom is -0.464 e. The number of aromatic nitrogens is 3. The largest absolute Gasteiger partial charge is 0.464 e. The number of ether oxygens (including phenoxy) is 1. The van der Waals surface area contributed by atoms with E-state index in [2.05, 4.69) is 32.1 Å². The highest BCUT2D eigenvalue weighted by Crippen LogP contribution is 2.24. The van der Waals surface area contributed by atoms with Crippen LogP contribution in [0.2, 0.25) is 0 Å². The molecule has 2 unspecified atom stereocenters. The van der Waals surface area contributed by atoms with Gasteiger partial charge in [0.2, 0.25) is 11.9 Å². The van der Waals surface area contributed by atoms with Gasteiger partial charge >= 0.3 is 6.01 Å². The highest BCUT2D eigenvalue weighted by molar-refractivity contribution is 5.39. The van der Waals surface area contributed by atoms with Gasteiger partial charge in [-0.2, -0.15) is 15.0 Å². The summed E-state index contributed by atoms with van der Waals surface area (Å²) in [5.74, 6) is 1.44. The maximum absolute atomic E-state index is 9.71. The lowest BCUT2D eigenvalue weighted by atomic mass is 10.0. The molecule has 1 aliphatic heterocycles. The number of hydrogen-bond donors (Lipinski definition) is 2. The molecule has 0 aromatic carbocycles. The van der Waals surface area contributed by atoms with E-state index in [1.54, 1.807) is 0 Å². The van der Waals surface area contributed by atoms with Gasteiger partial charge in [0.1, 0.15) is 0 Å². The number of nitrogens with one attached hydrogen (secondary N) is 1. The van der Waals surface area contributed by atoms with Crippen molar-refractivity contribution in [3.05, 3.63) is 0 Å². The van der Waals surface area contributed by atoms with Crippen LogP contribution in [0.3, 0.4) is 0 Å². The molecule has 0 aliphatic carbocycles. The fraction of sp³-hybridized carbons (Fsp3) is 0.786. The highest BCUT2D eigenvalue weighted by Gasteiger charge is 2.28. The van der Waals surface area contributed by atoms with E-state index in [4.69, 9.17) is 4.74 Å². The van der Waals surface area contributed by atoms with Crippen LogP contribution in [0.5, 0.6) is 6.01 Å². The molecule has 2 N–H and O–H groups in total. The molecular formula is C14H25N5O2. The summed E-state index contributed by atoms with van der Waals surface area (Å²) in [5.41, 5.74) is 0. The van der Waals surface area contributed by atoms with Crippen molar-refractivity contribution in [3.8, 4) is 6.01 Å². The summed E-state index contributed by atoms with van der Waals surface area (Å²) >= 11 is 0. The first-order valence-electron chi connectivity index (χ1n) is 7.69. The number of anilines is 2. The summed E-state index contributed by atoms with van der Waals surface area (Å²) in [6.07, 6.45) is 1.64. The van der Waals surface area contributed by atoms with Gasteiger partial charge in [0.25, 0.3) is 0 Å². The monoisotopic (exact) mass is 295 g/mol. The SMILES string of the molecule is CCCNc1nc(OCC)nc(N2CCC(C(C)O)C2)n1. The molecule has 21 heavy (non-hydrogen) atoms. The molecule has 2 rings (SSSR count). The van der Waals surface area contributed by atoms with Crippen molar-refractivity contribution < 1.29 is 9.84 Å². The van der Waals surface area contributed by atoms with Crippen LogP contribution in [0.25, 0.3) is 0 Å². The fourth-order valence-corrected chi connectivity index (χ4v) is 2.36. The van der Waals surface area contributed by atoms with Crippen LogP contribution in [0.1, 0.15) is 33.6 Å². The predicted molar refractivity (Wildman–Crippen MR) is 81.8 cm³/mol. The topological polar surface area (TPSA) is 83.4 Å². The van der Waals surface area contributed by atoms with Gasteiger partial charge in [-0.15, -0.1) is 0 Å². The van der Waals surface area contributed by atoms with Crippen molar-refractivity contribution >= 4 is 11.9 Å². The molecule has 0 radical (unpaired) electrons. The Morgan fingerprint density at radius 1 is 1.38 bits per heavy atom. The first-order valence-corrected chi connectivity index (χ1v) is 7.69. The minimum absolute atomic E-state index is 0.268. The Morgan fingerprint density at radius 3 is 2.81 bits per heavy atom. The predicted octanol–water partition coefficient (Wildman–Crippen LogP) is 1.30. The number of hydrogen-bond acceptors (Lipinski definition) is 7. The van der Waals surface area contributed by atoms with Crippen molar-refractivity contribution in [2.75, 3.05) is 36.5 Å². The maximum Gasteiger partial charge on any atom is 0.323 e.